The van der Waals surface area contributed by atoms with Crippen molar-refractivity contribution in [3.05, 3.63) is 0 Å². The molecule has 0 bridgehead atoms. The minimum Gasteiger partial charge on any atom is -0.450 e. The lowest BCUT2D eigenvalue weighted by Gasteiger charge is -2.21. The van der Waals surface area contributed by atoms with Crippen LogP contribution in [0.15, 0.2) is 0 Å². The molecule has 0 aromatic heterocycles. The number of carbonyl (C=O) groups is 1. The molecule has 0 saturated carbocycles. The molecular formula is C6H14N2O3. The number of hydrogen-bond acceptors (Lipinski definition) is 3. The van der Waals surface area contributed by atoms with Crippen molar-refractivity contribution in [3.8, 4) is 0 Å². The maximum absolute atomic E-state index is 8.56. The minimum absolute atomic E-state index is 1.16. The van der Waals surface area contributed by atoms with Gasteiger partial charge in [0.15, 0.2) is 0 Å². The zero-order chi connectivity index (χ0) is 8.69. The molecule has 66 valence electrons. The summed E-state index contributed by atoms with van der Waals surface area (Å²) in [4.78, 5) is 10.9. The van der Waals surface area contributed by atoms with Gasteiger partial charge >= 0.3 is 6.16 Å². The van der Waals surface area contributed by atoms with Gasteiger partial charge in [0.05, 0.1) is 0 Å². The van der Waals surface area contributed by atoms with Gasteiger partial charge in [0, 0.05) is 26.2 Å². The Morgan fingerprint density at radius 1 is 1.36 bits per heavy atom. The fourth-order valence-electron chi connectivity index (χ4n) is 0.777. The van der Waals surface area contributed by atoms with Gasteiger partial charge in [-0.15, -0.1) is 0 Å². The fourth-order valence-corrected chi connectivity index (χ4v) is 0.777. The summed E-state index contributed by atoms with van der Waals surface area (Å²) in [7, 11) is 2.15. The fraction of sp³-hybridized carbons (Fsp3) is 0.833. The van der Waals surface area contributed by atoms with E-state index in [0.29, 0.717) is 0 Å². The van der Waals surface area contributed by atoms with Crippen LogP contribution in [0.1, 0.15) is 0 Å². The van der Waals surface area contributed by atoms with Gasteiger partial charge in [0.25, 0.3) is 0 Å². The first-order chi connectivity index (χ1) is 5.13. The first kappa shape index (κ1) is 10.2. The third-order valence-electron chi connectivity index (χ3n) is 1.34. The van der Waals surface area contributed by atoms with Crippen molar-refractivity contribution >= 4 is 6.16 Å². The molecule has 11 heavy (non-hydrogen) atoms. The van der Waals surface area contributed by atoms with E-state index >= 15 is 0 Å². The van der Waals surface area contributed by atoms with Crippen LogP contribution in [0.5, 0.6) is 0 Å². The number of piperazine rings is 1. The SMILES string of the molecule is CN1CCNCC1.O=C(O)O. The summed E-state index contributed by atoms with van der Waals surface area (Å²) in [5.41, 5.74) is 0. The second-order valence-electron chi connectivity index (χ2n) is 2.34. The second kappa shape index (κ2) is 5.94. The van der Waals surface area contributed by atoms with Gasteiger partial charge < -0.3 is 20.4 Å². The van der Waals surface area contributed by atoms with Crippen LogP contribution < -0.4 is 5.32 Å². The molecule has 5 heteroatoms. The number of nitrogens with one attached hydrogen (secondary N) is 1. The van der Waals surface area contributed by atoms with Crippen LogP contribution in [0.25, 0.3) is 0 Å². The van der Waals surface area contributed by atoms with E-state index in [4.69, 9.17) is 15.0 Å². The van der Waals surface area contributed by atoms with Gasteiger partial charge in [-0.3, -0.25) is 0 Å². The van der Waals surface area contributed by atoms with E-state index in [2.05, 4.69) is 17.3 Å². The van der Waals surface area contributed by atoms with E-state index in [1.54, 1.807) is 0 Å². The summed E-state index contributed by atoms with van der Waals surface area (Å²) in [5.74, 6) is 0. The van der Waals surface area contributed by atoms with Gasteiger partial charge in [-0.05, 0) is 7.05 Å². The molecule has 0 unspecified atom stereocenters. The Morgan fingerprint density at radius 3 is 1.91 bits per heavy atom. The van der Waals surface area contributed by atoms with Crippen molar-refractivity contribution in [3.63, 3.8) is 0 Å². The van der Waals surface area contributed by atoms with Gasteiger partial charge in [-0.2, -0.15) is 0 Å². The molecule has 1 rings (SSSR count). The summed E-state index contributed by atoms with van der Waals surface area (Å²) in [5, 5.41) is 17.2. The standard InChI is InChI=1S/C5H12N2.CH2O3/c1-7-4-2-6-3-5-7;2-1(3)4/h6H,2-5H2,1H3;(H2,2,3,4). The number of hydrogen-bond donors (Lipinski definition) is 3. The predicted molar refractivity (Wildman–Crippen MR) is 41.0 cm³/mol. The Kier molecular flexibility index (Phi) is 5.50. The van der Waals surface area contributed by atoms with E-state index in [-0.39, 0.29) is 0 Å². The second-order valence-corrected chi connectivity index (χ2v) is 2.34. The van der Waals surface area contributed by atoms with Crippen molar-refractivity contribution in [1.29, 1.82) is 0 Å². The van der Waals surface area contributed by atoms with Crippen LogP contribution in [-0.2, 0) is 0 Å². The lowest BCUT2D eigenvalue weighted by atomic mass is 10.4. The van der Waals surface area contributed by atoms with E-state index in [1.807, 2.05) is 0 Å². The van der Waals surface area contributed by atoms with Crippen LogP contribution in [0.4, 0.5) is 4.79 Å². The largest absolute Gasteiger partial charge is 0.503 e. The molecule has 0 spiro atoms. The van der Waals surface area contributed by atoms with E-state index < -0.39 is 6.16 Å². The summed E-state index contributed by atoms with van der Waals surface area (Å²) in [6.07, 6.45) is -1.83. The zero-order valence-corrected chi connectivity index (χ0v) is 6.58. The molecule has 0 atom stereocenters. The third-order valence-corrected chi connectivity index (χ3v) is 1.34. The van der Waals surface area contributed by atoms with Gasteiger partial charge in [-0.25, -0.2) is 4.79 Å². The summed E-state index contributed by atoms with van der Waals surface area (Å²) in [6.45, 7) is 4.74. The molecule has 5 nitrogen and oxygen atoms in total. The van der Waals surface area contributed by atoms with Gasteiger partial charge in [0.1, 0.15) is 0 Å². The summed E-state index contributed by atoms with van der Waals surface area (Å²) in [6, 6.07) is 0. The highest BCUT2D eigenvalue weighted by molar-refractivity contribution is 5.53. The Labute approximate surface area is 65.6 Å². The lowest BCUT2D eigenvalue weighted by Crippen LogP contribution is -2.40. The smallest absolute Gasteiger partial charge is 0.450 e. The first-order valence-electron chi connectivity index (χ1n) is 3.44. The number of likely N-dealkylation sites (N-methyl/N-ethyl adjacent to an activating group) is 1. The Morgan fingerprint density at radius 2 is 1.73 bits per heavy atom. The lowest BCUT2D eigenvalue weighted by molar-refractivity contribution is 0.137. The van der Waals surface area contributed by atoms with Gasteiger partial charge in [-0.1, -0.05) is 0 Å². The molecule has 1 saturated heterocycles. The van der Waals surface area contributed by atoms with Crippen LogP contribution in [0.3, 0.4) is 0 Å². The summed E-state index contributed by atoms with van der Waals surface area (Å²) >= 11 is 0. The quantitative estimate of drug-likeness (QED) is 0.458. The minimum atomic E-state index is -1.83. The molecule has 1 heterocycles. The molecule has 0 amide bonds. The van der Waals surface area contributed by atoms with Crippen molar-refractivity contribution in [2.45, 2.75) is 0 Å². The molecule has 1 fully saturated rings. The average Bonchev–Trinajstić information content (AvgIpc) is 1.87. The molecule has 3 N–H and O–H groups in total. The molecule has 1 aliphatic heterocycles. The summed E-state index contributed by atoms with van der Waals surface area (Å²) < 4.78 is 0. The van der Waals surface area contributed by atoms with Crippen LogP contribution in [0.2, 0.25) is 0 Å². The third kappa shape index (κ3) is 9.19. The van der Waals surface area contributed by atoms with Gasteiger partial charge in [0.2, 0.25) is 0 Å². The zero-order valence-electron chi connectivity index (χ0n) is 6.58. The van der Waals surface area contributed by atoms with Crippen molar-refractivity contribution < 1.29 is 15.0 Å². The first-order valence-corrected chi connectivity index (χ1v) is 3.44. The molecule has 0 aliphatic carbocycles. The normalized spacial score (nSPS) is 18.3. The monoisotopic (exact) mass is 162 g/mol. The molecule has 0 radical (unpaired) electrons. The maximum Gasteiger partial charge on any atom is 0.503 e. The number of rotatable bonds is 0. The molecule has 0 aromatic carbocycles. The highest BCUT2D eigenvalue weighted by Gasteiger charge is 2.01. The van der Waals surface area contributed by atoms with Crippen molar-refractivity contribution in [1.82, 2.24) is 10.2 Å². The molecule has 1 aliphatic rings. The van der Waals surface area contributed by atoms with E-state index in [1.165, 1.54) is 13.1 Å². The topological polar surface area (TPSA) is 72.8 Å². The number of carboxylic acid groups (broad SMARTS) is 2. The van der Waals surface area contributed by atoms with Crippen molar-refractivity contribution in [2.75, 3.05) is 33.2 Å². The predicted octanol–water partition coefficient (Wildman–Crippen LogP) is -0.256. The van der Waals surface area contributed by atoms with Crippen LogP contribution >= 0.6 is 0 Å². The highest BCUT2D eigenvalue weighted by atomic mass is 16.6. The highest BCUT2D eigenvalue weighted by Crippen LogP contribution is 1.82. The van der Waals surface area contributed by atoms with Crippen molar-refractivity contribution in [2.24, 2.45) is 0 Å². The average molecular weight is 162 g/mol. The van der Waals surface area contributed by atoms with E-state index in [9.17, 15) is 0 Å². The van der Waals surface area contributed by atoms with E-state index in [0.717, 1.165) is 13.1 Å². The van der Waals surface area contributed by atoms with Crippen LogP contribution in [-0.4, -0.2) is 54.5 Å². The molecule has 0 aromatic rings. The Bertz CT molecular complexity index is 108. The maximum atomic E-state index is 8.56. The number of nitrogens with zero attached hydrogens (tertiary/aromatic N) is 1. The Balaban J connectivity index is 0.000000218. The van der Waals surface area contributed by atoms with Crippen LogP contribution in [0, 0.1) is 0 Å². The molecular weight excluding hydrogens is 148 g/mol. The Hall–Kier alpha value is -0.810.